The van der Waals surface area contributed by atoms with E-state index in [2.05, 4.69) is 10.6 Å². The molecule has 0 spiro atoms. The lowest BCUT2D eigenvalue weighted by Crippen LogP contribution is -2.30. The molecule has 1 rings (SSSR count). The first kappa shape index (κ1) is 15.0. The Kier molecular flexibility index (Phi) is 5.87. The molecule has 1 aromatic rings. The predicted molar refractivity (Wildman–Crippen MR) is 64.5 cm³/mol. The summed E-state index contributed by atoms with van der Waals surface area (Å²) in [6, 6.07) is 2.94. The Morgan fingerprint density at radius 1 is 1.21 bits per heavy atom. The number of hydrogen-bond acceptors (Lipinski definition) is 3. The number of ether oxygens (including phenoxy) is 1. The summed E-state index contributed by atoms with van der Waals surface area (Å²) in [5, 5.41) is 4.76. The molecule has 0 aliphatic carbocycles. The highest BCUT2D eigenvalue weighted by Crippen LogP contribution is 2.13. The number of halogens is 2. The maximum atomic E-state index is 12.9. The van der Waals surface area contributed by atoms with Gasteiger partial charge in [-0.05, 0) is 12.1 Å². The molecule has 0 radical (unpaired) electrons. The zero-order valence-electron chi connectivity index (χ0n) is 10.3. The lowest BCUT2D eigenvalue weighted by atomic mass is 10.3. The number of methoxy groups -OCH3 is 1. The largest absolute Gasteiger partial charge is 0.383 e. The number of carbonyl (C=O) groups is 2. The number of rotatable bonds is 6. The van der Waals surface area contributed by atoms with E-state index in [9.17, 15) is 18.4 Å². The van der Waals surface area contributed by atoms with Crippen molar-refractivity contribution in [1.82, 2.24) is 5.32 Å². The van der Waals surface area contributed by atoms with Gasteiger partial charge in [0.1, 0.15) is 6.42 Å². The fourth-order valence-electron chi connectivity index (χ4n) is 1.28. The maximum Gasteiger partial charge on any atom is 0.233 e. The van der Waals surface area contributed by atoms with Crippen LogP contribution < -0.4 is 10.6 Å². The Morgan fingerprint density at radius 2 is 1.95 bits per heavy atom. The van der Waals surface area contributed by atoms with E-state index in [1.54, 1.807) is 0 Å². The fraction of sp³-hybridized carbons (Fsp3) is 0.333. The summed E-state index contributed by atoms with van der Waals surface area (Å²) in [6.45, 7) is 0.643. The van der Waals surface area contributed by atoms with Gasteiger partial charge in [0.15, 0.2) is 11.6 Å². The third kappa shape index (κ3) is 5.43. The van der Waals surface area contributed by atoms with Gasteiger partial charge in [-0.25, -0.2) is 8.78 Å². The Morgan fingerprint density at radius 3 is 2.58 bits per heavy atom. The Hall–Kier alpha value is -2.02. The molecule has 0 heterocycles. The zero-order chi connectivity index (χ0) is 14.3. The number of carbonyl (C=O) groups excluding carboxylic acids is 2. The van der Waals surface area contributed by atoms with Crippen LogP contribution in [0.5, 0.6) is 0 Å². The second kappa shape index (κ2) is 7.42. The third-order valence-corrected chi connectivity index (χ3v) is 2.15. The van der Waals surface area contributed by atoms with E-state index in [0.29, 0.717) is 13.2 Å². The molecule has 0 saturated carbocycles. The van der Waals surface area contributed by atoms with Crippen LogP contribution in [0.3, 0.4) is 0 Å². The summed E-state index contributed by atoms with van der Waals surface area (Å²) in [6.07, 6.45) is -0.400. The van der Waals surface area contributed by atoms with Gasteiger partial charge in [0.25, 0.3) is 0 Å². The standard InChI is InChI=1S/C12H14F2N2O3/c1-19-5-4-15-11(17)7-12(18)16-8-2-3-9(13)10(14)6-8/h2-3,6H,4-5,7H2,1H3,(H,15,17)(H,16,18). The second-order valence-corrected chi connectivity index (χ2v) is 3.70. The van der Waals surface area contributed by atoms with Crippen LogP contribution in [0.25, 0.3) is 0 Å². The fourth-order valence-corrected chi connectivity index (χ4v) is 1.28. The van der Waals surface area contributed by atoms with Gasteiger partial charge in [-0.3, -0.25) is 9.59 Å². The average Bonchev–Trinajstić information content (AvgIpc) is 2.34. The minimum Gasteiger partial charge on any atom is -0.383 e. The Bertz CT molecular complexity index is 466. The number of hydrogen-bond donors (Lipinski definition) is 2. The van der Waals surface area contributed by atoms with Crippen LogP contribution >= 0.6 is 0 Å². The van der Waals surface area contributed by atoms with Crippen LogP contribution in [0.15, 0.2) is 18.2 Å². The van der Waals surface area contributed by atoms with Crippen molar-refractivity contribution in [2.75, 3.05) is 25.6 Å². The van der Waals surface area contributed by atoms with Crippen LogP contribution in [-0.4, -0.2) is 32.1 Å². The molecule has 0 atom stereocenters. The van der Waals surface area contributed by atoms with E-state index >= 15 is 0 Å². The van der Waals surface area contributed by atoms with Crippen molar-refractivity contribution in [3.05, 3.63) is 29.8 Å². The number of benzene rings is 1. The Balaban J connectivity index is 2.42. The minimum absolute atomic E-state index is 0.0913. The van der Waals surface area contributed by atoms with Crippen molar-refractivity contribution in [3.63, 3.8) is 0 Å². The average molecular weight is 272 g/mol. The molecule has 2 amide bonds. The monoisotopic (exact) mass is 272 g/mol. The van der Waals surface area contributed by atoms with Gasteiger partial charge in [0.05, 0.1) is 6.61 Å². The summed E-state index contributed by atoms with van der Waals surface area (Å²) in [4.78, 5) is 22.7. The molecule has 0 saturated heterocycles. The smallest absolute Gasteiger partial charge is 0.233 e. The van der Waals surface area contributed by atoms with Crippen LogP contribution in [0, 0.1) is 11.6 Å². The summed E-state index contributed by atoms with van der Waals surface area (Å²) in [5.41, 5.74) is 0.0913. The molecule has 5 nitrogen and oxygen atoms in total. The highest BCUT2D eigenvalue weighted by Gasteiger charge is 2.10. The quantitative estimate of drug-likeness (QED) is 0.601. The summed E-state index contributed by atoms with van der Waals surface area (Å²) in [5.74, 6) is -3.16. The SMILES string of the molecule is COCCNC(=O)CC(=O)Nc1ccc(F)c(F)c1. The van der Waals surface area contributed by atoms with Crippen molar-refractivity contribution in [2.24, 2.45) is 0 Å². The molecule has 7 heteroatoms. The van der Waals surface area contributed by atoms with Gasteiger partial charge in [0, 0.05) is 25.4 Å². The first-order chi connectivity index (χ1) is 9.02. The maximum absolute atomic E-state index is 12.9. The van der Waals surface area contributed by atoms with Crippen molar-refractivity contribution in [1.29, 1.82) is 0 Å². The van der Waals surface area contributed by atoms with Crippen molar-refractivity contribution in [3.8, 4) is 0 Å². The molecule has 0 bridgehead atoms. The van der Waals surface area contributed by atoms with Crippen LogP contribution in [-0.2, 0) is 14.3 Å². The molecule has 104 valence electrons. The van der Waals surface area contributed by atoms with Gasteiger partial charge in [-0.15, -0.1) is 0 Å². The topological polar surface area (TPSA) is 67.4 Å². The van der Waals surface area contributed by atoms with Gasteiger partial charge in [-0.2, -0.15) is 0 Å². The summed E-state index contributed by atoms with van der Waals surface area (Å²) in [7, 11) is 1.49. The molecule has 0 fully saturated rings. The normalized spacial score (nSPS) is 10.1. The summed E-state index contributed by atoms with van der Waals surface area (Å²) < 4.78 is 30.3. The molecule has 19 heavy (non-hydrogen) atoms. The first-order valence-electron chi connectivity index (χ1n) is 5.53. The van der Waals surface area contributed by atoms with Gasteiger partial charge in [-0.1, -0.05) is 0 Å². The van der Waals surface area contributed by atoms with Crippen LogP contribution in [0.1, 0.15) is 6.42 Å². The number of anilines is 1. The lowest BCUT2D eigenvalue weighted by molar-refractivity contribution is -0.126. The highest BCUT2D eigenvalue weighted by atomic mass is 19.2. The lowest BCUT2D eigenvalue weighted by Gasteiger charge is -2.06. The summed E-state index contributed by atoms with van der Waals surface area (Å²) >= 11 is 0. The molecule has 0 aliphatic rings. The number of nitrogens with one attached hydrogen (secondary N) is 2. The van der Waals surface area contributed by atoms with Gasteiger partial charge < -0.3 is 15.4 Å². The molecule has 0 aliphatic heterocycles. The molecular formula is C12H14F2N2O3. The van der Waals surface area contributed by atoms with E-state index in [4.69, 9.17) is 4.74 Å². The molecule has 1 aromatic carbocycles. The third-order valence-electron chi connectivity index (χ3n) is 2.15. The zero-order valence-corrected chi connectivity index (χ0v) is 10.3. The Labute approximate surface area is 108 Å². The first-order valence-corrected chi connectivity index (χ1v) is 5.53. The highest BCUT2D eigenvalue weighted by molar-refractivity contribution is 6.03. The van der Waals surface area contributed by atoms with E-state index < -0.39 is 29.9 Å². The van der Waals surface area contributed by atoms with Crippen molar-refractivity contribution >= 4 is 17.5 Å². The van der Waals surface area contributed by atoms with E-state index in [-0.39, 0.29) is 5.69 Å². The van der Waals surface area contributed by atoms with Crippen LogP contribution in [0.4, 0.5) is 14.5 Å². The molecule has 0 unspecified atom stereocenters. The van der Waals surface area contributed by atoms with Crippen molar-refractivity contribution in [2.45, 2.75) is 6.42 Å². The number of amides is 2. The van der Waals surface area contributed by atoms with E-state index in [1.165, 1.54) is 13.2 Å². The predicted octanol–water partition coefficient (Wildman–Crippen LogP) is 1.06. The second-order valence-electron chi connectivity index (χ2n) is 3.70. The van der Waals surface area contributed by atoms with Crippen molar-refractivity contribution < 1.29 is 23.1 Å². The van der Waals surface area contributed by atoms with Crippen LogP contribution in [0.2, 0.25) is 0 Å². The molecular weight excluding hydrogens is 258 g/mol. The van der Waals surface area contributed by atoms with Gasteiger partial charge >= 0.3 is 0 Å². The molecule has 0 aromatic heterocycles. The molecule has 2 N–H and O–H groups in total. The van der Waals surface area contributed by atoms with E-state index in [0.717, 1.165) is 12.1 Å². The van der Waals surface area contributed by atoms with Gasteiger partial charge in [0.2, 0.25) is 11.8 Å². The minimum atomic E-state index is -1.07. The van der Waals surface area contributed by atoms with E-state index in [1.807, 2.05) is 0 Å².